The van der Waals surface area contributed by atoms with Gasteiger partial charge in [0.1, 0.15) is 5.75 Å². The van der Waals surface area contributed by atoms with E-state index in [4.69, 9.17) is 4.74 Å². The summed E-state index contributed by atoms with van der Waals surface area (Å²) >= 11 is 0. The van der Waals surface area contributed by atoms with E-state index in [1.165, 1.54) is 0 Å². The number of carbonyl (C=O) groups is 2. The van der Waals surface area contributed by atoms with Crippen molar-refractivity contribution in [1.29, 1.82) is 0 Å². The largest absolute Gasteiger partial charge is 0.497 e. The van der Waals surface area contributed by atoms with Crippen molar-refractivity contribution in [3.63, 3.8) is 0 Å². The standard InChI is InChI=1S/C21H22N2O3/c1-26-16-10-6-14(7-11-16)13-23(15-8-9-15)21(25)18-12-20(24)22-19-5-3-2-4-17(18)19/h2-7,10-11,15,18H,8-9,12-13H2,1H3,(H,22,24). The van der Waals surface area contributed by atoms with Crippen LogP contribution in [0.2, 0.25) is 0 Å². The molecule has 26 heavy (non-hydrogen) atoms. The van der Waals surface area contributed by atoms with Crippen molar-refractivity contribution in [3.05, 3.63) is 59.7 Å². The first-order valence-corrected chi connectivity index (χ1v) is 8.98. The highest BCUT2D eigenvalue weighted by Crippen LogP contribution is 2.37. The molecule has 1 atom stereocenters. The zero-order valence-corrected chi connectivity index (χ0v) is 14.8. The van der Waals surface area contributed by atoms with E-state index in [9.17, 15) is 9.59 Å². The number of anilines is 1. The maximum Gasteiger partial charge on any atom is 0.231 e. The average Bonchev–Trinajstić information content (AvgIpc) is 3.50. The van der Waals surface area contributed by atoms with Crippen LogP contribution in [0.5, 0.6) is 5.75 Å². The molecule has 2 aromatic carbocycles. The third-order valence-electron chi connectivity index (χ3n) is 5.08. The Bertz CT molecular complexity index is 827. The zero-order chi connectivity index (χ0) is 18.1. The van der Waals surface area contributed by atoms with E-state index < -0.39 is 5.92 Å². The van der Waals surface area contributed by atoms with E-state index in [1.807, 2.05) is 53.4 Å². The quantitative estimate of drug-likeness (QED) is 0.900. The van der Waals surface area contributed by atoms with Crippen LogP contribution in [-0.4, -0.2) is 29.9 Å². The van der Waals surface area contributed by atoms with Crippen LogP contribution < -0.4 is 10.1 Å². The van der Waals surface area contributed by atoms with Crippen LogP contribution in [0, 0.1) is 0 Å². The van der Waals surface area contributed by atoms with Crippen molar-refractivity contribution in [3.8, 4) is 5.75 Å². The van der Waals surface area contributed by atoms with Gasteiger partial charge in [-0.3, -0.25) is 9.59 Å². The van der Waals surface area contributed by atoms with Crippen LogP contribution in [0.1, 0.15) is 36.3 Å². The Balaban J connectivity index is 1.59. The third kappa shape index (κ3) is 3.29. The first kappa shape index (κ1) is 16.6. The van der Waals surface area contributed by atoms with Gasteiger partial charge in [0.25, 0.3) is 0 Å². The molecule has 0 aromatic heterocycles. The number of benzene rings is 2. The molecular weight excluding hydrogens is 328 g/mol. The van der Waals surface area contributed by atoms with Crippen molar-refractivity contribution >= 4 is 17.5 Å². The fourth-order valence-corrected chi connectivity index (χ4v) is 3.53. The Morgan fingerprint density at radius 3 is 2.58 bits per heavy atom. The van der Waals surface area contributed by atoms with Crippen molar-refractivity contribution < 1.29 is 14.3 Å². The first-order valence-electron chi connectivity index (χ1n) is 8.98. The normalized spacial score (nSPS) is 18.7. The highest BCUT2D eigenvalue weighted by atomic mass is 16.5. The Labute approximate surface area is 153 Å². The zero-order valence-electron chi connectivity index (χ0n) is 14.8. The second-order valence-electron chi connectivity index (χ2n) is 6.94. The lowest BCUT2D eigenvalue weighted by Gasteiger charge is -2.31. The van der Waals surface area contributed by atoms with Crippen LogP contribution in [-0.2, 0) is 16.1 Å². The average molecular weight is 350 g/mol. The number of ether oxygens (including phenoxy) is 1. The van der Waals surface area contributed by atoms with Gasteiger partial charge in [-0.2, -0.15) is 0 Å². The number of rotatable bonds is 5. The Hall–Kier alpha value is -2.82. The van der Waals surface area contributed by atoms with Gasteiger partial charge in [-0.25, -0.2) is 0 Å². The van der Waals surface area contributed by atoms with Crippen LogP contribution in [0.25, 0.3) is 0 Å². The van der Waals surface area contributed by atoms with Gasteiger partial charge in [0, 0.05) is 24.7 Å². The molecule has 1 heterocycles. The van der Waals surface area contributed by atoms with E-state index in [2.05, 4.69) is 5.32 Å². The van der Waals surface area contributed by atoms with Gasteiger partial charge >= 0.3 is 0 Å². The molecule has 5 nitrogen and oxygen atoms in total. The van der Waals surface area contributed by atoms with E-state index >= 15 is 0 Å². The number of fused-ring (bicyclic) bond motifs is 1. The summed E-state index contributed by atoms with van der Waals surface area (Å²) in [5.41, 5.74) is 2.74. The molecule has 1 fully saturated rings. The smallest absolute Gasteiger partial charge is 0.231 e. The molecule has 0 spiro atoms. The Kier molecular flexibility index (Phi) is 4.37. The van der Waals surface area contributed by atoms with E-state index in [1.54, 1.807) is 7.11 Å². The van der Waals surface area contributed by atoms with E-state index in [0.717, 1.165) is 35.4 Å². The van der Waals surface area contributed by atoms with Crippen LogP contribution >= 0.6 is 0 Å². The summed E-state index contributed by atoms with van der Waals surface area (Å²) in [5.74, 6) is 0.350. The van der Waals surface area contributed by atoms with Gasteiger partial charge < -0.3 is 15.0 Å². The molecule has 2 aliphatic rings. The SMILES string of the molecule is COc1ccc(CN(C(=O)C2CC(=O)Nc3ccccc32)C2CC2)cc1. The fraction of sp³-hybridized carbons (Fsp3) is 0.333. The maximum absolute atomic E-state index is 13.3. The number of nitrogens with one attached hydrogen (secondary N) is 1. The monoisotopic (exact) mass is 350 g/mol. The topological polar surface area (TPSA) is 58.6 Å². The molecule has 0 saturated heterocycles. The number of para-hydroxylation sites is 1. The molecule has 1 aliphatic carbocycles. The van der Waals surface area contributed by atoms with Crippen LogP contribution in [0.4, 0.5) is 5.69 Å². The minimum Gasteiger partial charge on any atom is -0.497 e. The summed E-state index contributed by atoms with van der Waals surface area (Å²) in [6.45, 7) is 0.563. The first-order chi connectivity index (χ1) is 12.7. The molecule has 4 rings (SSSR count). The Morgan fingerprint density at radius 2 is 1.88 bits per heavy atom. The van der Waals surface area contributed by atoms with Gasteiger partial charge in [0.2, 0.25) is 11.8 Å². The van der Waals surface area contributed by atoms with Gasteiger partial charge in [-0.15, -0.1) is 0 Å². The summed E-state index contributed by atoms with van der Waals surface area (Å²) in [5, 5.41) is 2.87. The van der Waals surface area contributed by atoms with Gasteiger partial charge in [0.15, 0.2) is 0 Å². The molecule has 2 amide bonds. The van der Waals surface area contributed by atoms with Crippen LogP contribution in [0.3, 0.4) is 0 Å². The molecule has 1 unspecified atom stereocenters. The van der Waals surface area contributed by atoms with Crippen molar-refractivity contribution in [2.75, 3.05) is 12.4 Å². The Morgan fingerprint density at radius 1 is 1.15 bits per heavy atom. The minimum absolute atomic E-state index is 0.0469. The van der Waals surface area contributed by atoms with Crippen molar-refractivity contribution in [2.24, 2.45) is 0 Å². The lowest BCUT2D eigenvalue weighted by Crippen LogP contribution is -2.39. The molecule has 1 N–H and O–H groups in total. The predicted molar refractivity (Wildman–Crippen MR) is 99.0 cm³/mol. The highest BCUT2D eigenvalue weighted by Gasteiger charge is 2.39. The second kappa shape index (κ2) is 6.83. The number of carbonyl (C=O) groups excluding carboxylic acids is 2. The highest BCUT2D eigenvalue weighted by molar-refractivity contribution is 6.01. The summed E-state index contributed by atoms with van der Waals surface area (Å²) in [7, 11) is 1.64. The molecule has 1 aliphatic heterocycles. The number of hydrogen-bond acceptors (Lipinski definition) is 3. The minimum atomic E-state index is -0.404. The van der Waals surface area contributed by atoms with Crippen LogP contribution in [0.15, 0.2) is 48.5 Å². The van der Waals surface area contributed by atoms with Gasteiger partial charge in [-0.05, 0) is 42.2 Å². The molecule has 5 heteroatoms. The maximum atomic E-state index is 13.3. The van der Waals surface area contributed by atoms with Crippen molar-refractivity contribution in [2.45, 2.75) is 37.8 Å². The molecule has 0 radical (unpaired) electrons. The lowest BCUT2D eigenvalue weighted by atomic mass is 9.89. The lowest BCUT2D eigenvalue weighted by molar-refractivity contribution is -0.136. The van der Waals surface area contributed by atoms with Gasteiger partial charge in [0.05, 0.1) is 13.0 Å². The number of hydrogen-bond donors (Lipinski definition) is 1. The molecular formula is C21H22N2O3. The summed E-state index contributed by atoms with van der Waals surface area (Å²) in [6.07, 6.45) is 2.27. The van der Waals surface area contributed by atoms with Crippen molar-refractivity contribution in [1.82, 2.24) is 4.90 Å². The second-order valence-corrected chi connectivity index (χ2v) is 6.94. The van der Waals surface area contributed by atoms with Gasteiger partial charge in [-0.1, -0.05) is 30.3 Å². The molecule has 134 valence electrons. The number of nitrogens with zero attached hydrogens (tertiary/aromatic N) is 1. The third-order valence-corrected chi connectivity index (χ3v) is 5.08. The molecule has 1 saturated carbocycles. The summed E-state index contributed by atoms with van der Waals surface area (Å²) in [4.78, 5) is 27.4. The number of amides is 2. The summed E-state index contributed by atoms with van der Waals surface area (Å²) in [6, 6.07) is 15.7. The number of methoxy groups -OCH3 is 1. The van der Waals surface area contributed by atoms with E-state index in [0.29, 0.717) is 6.54 Å². The molecule has 0 bridgehead atoms. The summed E-state index contributed by atoms with van der Waals surface area (Å²) < 4.78 is 5.20. The fourth-order valence-electron chi connectivity index (χ4n) is 3.53. The van der Waals surface area contributed by atoms with E-state index in [-0.39, 0.29) is 24.3 Å². The molecule has 2 aromatic rings. The predicted octanol–water partition coefficient (Wildman–Crippen LogP) is 3.31.